The second-order valence-corrected chi connectivity index (χ2v) is 11.3. The Kier molecular flexibility index (Phi) is 6.95. The zero-order valence-corrected chi connectivity index (χ0v) is 19.7. The van der Waals surface area contributed by atoms with Crippen LogP contribution in [-0.4, -0.2) is 46.0 Å². The largest absolute Gasteiger partial charge is 0.381 e. The van der Waals surface area contributed by atoms with Gasteiger partial charge in [-0.1, -0.05) is 30.3 Å². The maximum atomic E-state index is 13.3. The van der Waals surface area contributed by atoms with Crippen LogP contribution in [0.4, 0.5) is 0 Å². The van der Waals surface area contributed by atoms with Crippen LogP contribution in [0.5, 0.6) is 0 Å². The number of carbonyl (C=O) groups excluding carboxylic acids is 1. The highest BCUT2D eigenvalue weighted by Gasteiger charge is 2.40. The Balaban J connectivity index is 1.43. The number of methoxy groups -OCH3 is 2. The fourth-order valence-electron chi connectivity index (χ4n) is 4.21. The van der Waals surface area contributed by atoms with Gasteiger partial charge in [-0.15, -0.1) is 11.3 Å². The van der Waals surface area contributed by atoms with Crippen LogP contribution in [0, 0.1) is 0 Å². The molecule has 1 saturated carbocycles. The summed E-state index contributed by atoms with van der Waals surface area (Å²) in [5.41, 5.74) is 0.833. The highest BCUT2D eigenvalue weighted by molar-refractivity contribution is 7.92. The zero-order chi connectivity index (χ0) is 22.7. The molecule has 0 radical (unpaired) electrons. The van der Waals surface area contributed by atoms with E-state index in [4.69, 9.17) is 9.47 Å². The van der Waals surface area contributed by atoms with Crippen molar-refractivity contribution in [2.45, 2.75) is 48.2 Å². The summed E-state index contributed by atoms with van der Waals surface area (Å²) >= 11 is 1.45. The molecule has 1 aliphatic carbocycles. The molecule has 1 heterocycles. The Bertz CT molecular complexity index is 1150. The summed E-state index contributed by atoms with van der Waals surface area (Å²) < 4.78 is 38.5. The van der Waals surface area contributed by atoms with Crippen LogP contribution in [0.25, 0.3) is 10.1 Å². The molecule has 8 heteroatoms. The normalized spacial score (nSPS) is 21.5. The molecule has 1 amide bonds. The molecule has 0 spiro atoms. The summed E-state index contributed by atoms with van der Waals surface area (Å²) in [6.45, 7) is 0.323. The van der Waals surface area contributed by atoms with Crippen molar-refractivity contribution >= 4 is 37.2 Å². The van der Waals surface area contributed by atoms with E-state index < -0.39 is 15.1 Å². The molecule has 1 fully saturated rings. The van der Waals surface area contributed by atoms with E-state index in [9.17, 15) is 13.2 Å². The number of amides is 1. The van der Waals surface area contributed by atoms with Crippen molar-refractivity contribution in [1.82, 2.24) is 5.32 Å². The summed E-state index contributed by atoms with van der Waals surface area (Å²) in [6.07, 6.45) is 1.45. The van der Waals surface area contributed by atoms with Gasteiger partial charge in [0, 0.05) is 25.5 Å². The van der Waals surface area contributed by atoms with E-state index in [0.717, 1.165) is 22.1 Å². The van der Waals surface area contributed by atoms with Crippen molar-refractivity contribution in [2.75, 3.05) is 14.2 Å². The van der Waals surface area contributed by atoms with Gasteiger partial charge in [0.15, 0.2) is 9.84 Å². The van der Waals surface area contributed by atoms with Gasteiger partial charge >= 0.3 is 0 Å². The van der Waals surface area contributed by atoms with Gasteiger partial charge in [-0.25, -0.2) is 8.42 Å². The molecule has 6 nitrogen and oxygen atoms in total. The average molecular weight is 474 g/mol. The molecule has 4 rings (SSSR count). The number of nitrogens with one attached hydrogen (secondary N) is 1. The Labute approximate surface area is 192 Å². The number of ether oxygens (including phenoxy) is 2. The SMILES string of the molecule is COC1CCC(OC)C(S(=O)(=O)c2ccc(CNC(=O)c3cc4ccccc4s3)cc2)C1. The Morgan fingerprint density at radius 1 is 1.06 bits per heavy atom. The van der Waals surface area contributed by atoms with E-state index in [-0.39, 0.29) is 23.0 Å². The first-order chi connectivity index (χ1) is 15.4. The maximum Gasteiger partial charge on any atom is 0.261 e. The monoisotopic (exact) mass is 473 g/mol. The highest BCUT2D eigenvalue weighted by atomic mass is 32.2. The Hall–Kier alpha value is -2.26. The smallest absolute Gasteiger partial charge is 0.261 e. The Morgan fingerprint density at radius 3 is 2.50 bits per heavy atom. The average Bonchev–Trinajstić information content (AvgIpc) is 3.27. The van der Waals surface area contributed by atoms with Crippen molar-refractivity contribution in [2.24, 2.45) is 0 Å². The summed E-state index contributed by atoms with van der Waals surface area (Å²) in [6, 6.07) is 16.5. The molecule has 170 valence electrons. The molecule has 3 aromatic rings. The van der Waals surface area contributed by atoms with Crippen molar-refractivity contribution < 1.29 is 22.7 Å². The van der Waals surface area contributed by atoms with Crippen molar-refractivity contribution in [3.8, 4) is 0 Å². The third-order valence-corrected chi connectivity index (χ3v) is 9.41. The third-order valence-electron chi connectivity index (χ3n) is 6.07. The standard InChI is InChI=1S/C24H27NO5S2/c1-29-18-9-12-20(30-2)23(14-18)32(27,28)19-10-7-16(8-11-19)15-25-24(26)22-13-17-5-3-4-6-21(17)31-22/h3-8,10-11,13,18,20,23H,9,12,14-15H2,1-2H3,(H,25,26). The molecular formula is C24H27NO5S2. The maximum absolute atomic E-state index is 13.3. The number of fused-ring (bicyclic) bond motifs is 1. The minimum Gasteiger partial charge on any atom is -0.381 e. The van der Waals surface area contributed by atoms with E-state index in [1.165, 1.54) is 11.3 Å². The molecule has 0 bridgehead atoms. The summed E-state index contributed by atoms with van der Waals surface area (Å²) in [7, 11) is -0.390. The number of benzene rings is 2. The number of rotatable bonds is 7. The van der Waals surface area contributed by atoms with E-state index in [0.29, 0.717) is 24.3 Å². The number of hydrogen-bond donors (Lipinski definition) is 1. The lowest BCUT2D eigenvalue weighted by Gasteiger charge is -2.34. The van der Waals surface area contributed by atoms with E-state index in [1.807, 2.05) is 30.3 Å². The molecular weight excluding hydrogens is 446 g/mol. The third kappa shape index (κ3) is 4.73. The minimum atomic E-state index is -3.56. The van der Waals surface area contributed by atoms with E-state index in [1.54, 1.807) is 38.5 Å². The van der Waals surface area contributed by atoms with Gasteiger partial charge in [-0.2, -0.15) is 0 Å². The fourth-order valence-corrected chi connectivity index (χ4v) is 7.17. The van der Waals surface area contributed by atoms with Gasteiger partial charge in [0.25, 0.3) is 5.91 Å². The minimum absolute atomic E-state index is 0.0791. The molecule has 1 aliphatic rings. The zero-order valence-electron chi connectivity index (χ0n) is 18.1. The lowest BCUT2D eigenvalue weighted by molar-refractivity contribution is 0.00720. The predicted molar refractivity (Wildman–Crippen MR) is 126 cm³/mol. The highest BCUT2D eigenvalue weighted by Crippen LogP contribution is 2.32. The summed E-state index contributed by atoms with van der Waals surface area (Å²) in [5.74, 6) is -0.140. The van der Waals surface area contributed by atoms with Crippen LogP contribution in [0.3, 0.4) is 0 Å². The van der Waals surface area contributed by atoms with Crippen LogP contribution in [0.2, 0.25) is 0 Å². The van der Waals surface area contributed by atoms with Gasteiger partial charge < -0.3 is 14.8 Å². The van der Waals surface area contributed by atoms with Crippen molar-refractivity contribution in [3.63, 3.8) is 0 Å². The molecule has 0 aliphatic heterocycles. The first kappa shape index (κ1) is 22.9. The second kappa shape index (κ2) is 9.70. The lowest BCUT2D eigenvalue weighted by atomic mass is 9.94. The first-order valence-corrected chi connectivity index (χ1v) is 12.9. The van der Waals surface area contributed by atoms with Crippen LogP contribution in [0.1, 0.15) is 34.5 Å². The van der Waals surface area contributed by atoms with Crippen LogP contribution in [-0.2, 0) is 25.9 Å². The topological polar surface area (TPSA) is 81.7 Å². The molecule has 2 aromatic carbocycles. The predicted octanol–water partition coefficient (Wildman–Crippen LogP) is 4.19. The van der Waals surface area contributed by atoms with Gasteiger partial charge in [0.05, 0.1) is 27.2 Å². The number of thiophene rings is 1. The van der Waals surface area contributed by atoms with Crippen LogP contribution < -0.4 is 5.32 Å². The molecule has 3 unspecified atom stereocenters. The molecule has 32 heavy (non-hydrogen) atoms. The quantitative estimate of drug-likeness (QED) is 0.557. The summed E-state index contributed by atoms with van der Waals surface area (Å²) in [5, 5.41) is 3.32. The van der Waals surface area contributed by atoms with E-state index >= 15 is 0 Å². The van der Waals surface area contributed by atoms with Gasteiger partial charge in [0.2, 0.25) is 0 Å². The molecule has 1 N–H and O–H groups in total. The van der Waals surface area contributed by atoms with Crippen LogP contribution >= 0.6 is 11.3 Å². The van der Waals surface area contributed by atoms with Crippen LogP contribution in [0.15, 0.2) is 59.5 Å². The van der Waals surface area contributed by atoms with Crippen molar-refractivity contribution in [3.05, 3.63) is 65.0 Å². The van der Waals surface area contributed by atoms with Gasteiger partial charge in [0.1, 0.15) is 0 Å². The molecule has 3 atom stereocenters. The fraction of sp³-hybridized carbons (Fsp3) is 0.375. The second-order valence-electron chi connectivity index (χ2n) is 8.00. The van der Waals surface area contributed by atoms with Gasteiger partial charge in [-0.3, -0.25) is 4.79 Å². The van der Waals surface area contributed by atoms with Gasteiger partial charge in [-0.05, 0) is 54.5 Å². The Morgan fingerprint density at radius 2 is 1.81 bits per heavy atom. The van der Waals surface area contributed by atoms with Crippen molar-refractivity contribution in [1.29, 1.82) is 0 Å². The lowest BCUT2D eigenvalue weighted by Crippen LogP contribution is -2.43. The molecule has 0 saturated heterocycles. The number of carbonyl (C=O) groups is 1. The first-order valence-electron chi connectivity index (χ1n) is 10.6. The molecule has 1 aromatic heterocycles. The summed E-state index contributed by atoms with van der Waals surface area (Å²) in [4.78, 5) is 13.4. The number of sulfone groups is 1. The van der Waals surface area contributed by atoms with E-state index in [2.05, 4.69) is 5.32 Å². The number of hydrogen-bond acceptors (Lipinski definition) is 6.